The van der Waals surface area contributed by atoms with Crippen LogP contribution in [0.3, 0.4) is 0 Å². The second-order valence-corrected chi connectivity index (χ2v) is 6.97. The van der Waals surface area contributed by atoms with Crippen LogP contribution >= 0.6 is 11.8 Å². The molecule has 0 aromatic carbocycles. The minimum atomic E-state index is -3.48. The summed E-state index contributed by atoms with van der Waals surface area (Å²) >= 11 is 1.76. The van der Waals surface area contributed by atoms with Gasteiger partial charge in [-0.2, -0.15) is 16.1 Å². The van der Waals surface area contributed by atoms with Crippen molar-refractivity contribution in [3.05, 3.63) is 28.7 Å². The predicted octanol–water partition coefficient (Wildman–Crippen LogP) is 0.501. The normalized spacial score (nSPS) is 22.5. The number of nitrogens with zero attached hydrogens (tertiary/aromatic N) is 1. The summed E-state index contributed by atoms with van der Waals surface area (Å²) in [6.45, 7) is 2.42. The summed E-state index contributed by atoms with van der Waals surface area (Å²) in [6.07, 6.45) is 1.26. The van der Waals surface area contributed by atoms with Crippen LogP contribution in [-0.4, -0.2) is 41.8 Å². The summed E-state index contributed by atoms with van der Waals surface area (Å²) in [5.74, 6) is 1.62. The highest BCUT2D eigenvalue weighted by Crippen LogP contribution is 2.23. The van der Waals surface area contributed by atoms with E-state index in [9.17, 15) is 13.2 Å². The molecule has 0 saturated carbocycles. The standard InChI is InChI=1S/C10H14N2O3S2/c1-8-7-16-5-4-12(8)17(14,15)9-2-3-10(13)11-6-9/h2-3,6,8H,4-5,7H2,1H3,(H,11,13). The van der Waals surface area contributed by atoms with Crippen LogP contribution in [0.5, 0.6) is 0 Å². The first-order valence-corrected chi connectivity index (χ1v) is 7.89. The van der Waals surface area contributed by atoms with Crippen LogP contribution in [0.25, 0.3) is 0 Å². The van der Waals surface area contributed by atoms with Gasteiger partial charge in [0.1, 0.15) is 0 Å². The van der Waals surface area contributed by atoms with Crippen molar-refractivity contribution in [2.24, 2.45) is 0 Å². The van der Waals surface area contributed by atoms with Crippen LogP contribution in [0.2, 0.25) is 0 Å². The van der Waals surface area contributed by atoms with Gasteiger partial charge in [0.25, 0.3) is 0 Å². The summed E-state index contributed by atoms with van der Waals surface area (Å²) in [6, 6.07) is 2.57. The van der Waals surface area contributed by atoms with Crippen LogP contribution in [0, 0.1) is 0 Å². The number of hydrogen-bond donors (Lipinski definition) is 1. The first-order chi connectivity index (χ1) is 8.01. The van der Waals surface area contributed by atoms with Crippen molar-refractivity contribution in [2.45, 2.75) is 17.9 Å². The molecule has 1 aromatic rings. The van der Waals surface area contributed by atoms with E-state index in [2.05, 4.69) is 4.98 Å². The van der Waals surface area contributed by atoms with Gasteiger partial charge in [-0.25, -0.2) is 8.42 Å². The summed E-state index contributed by atoms with van der Waals surface area (Å²) in [4.78, 5) is 13.5. The lowest BCUT2D eigenvalue weighted by Crippen LogP contribution is -2.44. The third-order valence-electron chi connectivity index (χ3n) is 2.67. The quantitative estimate of drug-likeness (QED) is 0.852. The van der Waals surface area contributed by atoms with E-state index in [1.54, 1.807) is 11.8 Å². The van der Waals surface area contributed by atoms with E-state index in [-0.39, 0.29) is 16.5 Å². The average molecular weight is 274 g/mol. The van der Waals surface area contributed by atoms with Gasteiger partial charge in [-0.3, -0.25) is 4.79 Å². The number of thioether (sulfide) groups is 1. The highest BCUT2D eigenvalue weighted by molar-refractivity contribution is 7.99. The van der Waals surface area contributed by atoms with Gasteiger partial charge in [0.15, 0.2) is 0 Å². The van der Waals surface area contributed by atoms with Crippen molar-refractivity contribution in [2.75, 3.05) is 18.1 Å². The number of H-pyrrole nitrogens is 1. The van der Waals surface area contributed by atoms with Gasteiger partial charge < -0.3 is 4.98 Å². The third kappa shape index (κ3) is 2.56. The third-order valence-corrected chi connectivity index (χ3v) is 5.87. The molecular weight excluding hydrogens is 260 g/mol. The van der Waals surface area contributed by atoms with Crippen LogP contribution in [0.1, 0.15) is 6.92 Å². The molecule has 0 bridgehead atoms. The summed E-state index contributed by atoms with van der Waals surface area (Å²) in [5, 5.41) is 0. The maximum absolute atomic E-state index is 12.3. The van der Waals surface area contributed by atoms with Crippen molar-refractivity contribution in [1.82, 2.24) is 9.29 Å². The monoisotopic (exact) mass is 274 g/mol. The van der Waals surface area contributed by atoms with Crippen LogP contribution < -0.4 is 5.56 Å². The molecule has 1 atom stereocenters. The van der Waals surface area contributed by atoms with Gasteiger partial charge in [0.05, 0.1) is 4.90 Å². The van der Waals surface area contributed by atoms with Gasteiger partial charge in [0, 0.05) is 36.4 Å². The molecule has 1 unspecified atom stereocenters. The number of pyridine rings is 1. The van der Waals surface area contributed by atoms with E-state index in [1.807, 2.05) is 6.92 Å². The lowest BCUT2D eigenvalue weighted by molar-refractivity contribution is 0.367. The van der Waals surface area contributed by atoms with Crippen molar-refractivity contribution in [3.8, 4) is 0 Å². The summed E-state index contributed by atoms with van der Waals surface area (Å²) < 4.78 is 26.1. The molecule has 0 spiro atoms. The molecule has 0 aliphatic carbocycles. The zero-order valence-corrected chi connectivity index (χ0v) is 11.1. The van der Waals surface area contributed by atoms with Crippen LogP contribution in [-0.2, 0) is 10.0 Å². The Labute approximate surface area is 104 Å². The number of sulfonamides is 1. The summed E-state index contributed by atoms with van der Waals surface area (Å²) in [5.41, 5.74) is -0.300. The molecule has 17 heavy (non-hydrogen) atoms. The lowest BCUT2D eigenvalue weighted by Gasteiger charge is -2.31. The average Bonchev–Trinajstić information content (AvgIpc) is 2.30. The van der Waals surface area contributed by atoms with E-state index in [4.69, 9.17) is 0 Å². The molecule has 2 heterocycles. The van der Waals surface area contributed by atoms with E-state index < -0.39 is 10.0 Å². The molecule has 0 radical (unpaired) electrons. The van der Waals surface area contributed by atoms with Gasteiger partial charge in [-0.15, -0.1) is 0 Å². The molecule has 0 amide bonds. The molecule has 94 valence electrons. The Morgan fingerprint density at radius 1 is 1.47 bits per heavy atom. The van der Waals surface area contributed by atoms with Crippen molar-refractivity contribution >= 4 is 21.8 Å². The fourth-order valence-electron chi connectivity index (χ4n) is 1.76. The summed E-state index contributed by atoms with van der Waals surface area (Å²) in [7, 11) is -3.48. The highest BCUT2D eigenvalue weighted by Gasteiger charge is 2.31. The number of nitrogens with one attached hydrogen (secondary N) is 1. The van der Waals surface area contributed by atoms with Crippen molar-refractivity contribution < 1.29 is 8.42 Å². The van der Waals surface area contributed by atoms with Crippen molar-refractivity contribution in [1.29, 1.82) is 0 Å². The maximum Gasteiger partial charge on any atom is 0.247 e. The van der Waals surface area contributed by atoms with Gasteiger partial charge in [-0.05, 0) is 13.0 Å². The van der Waals surface area contributed by atoms with Gasteiger partial charge in [-0.1, -0.05) is 0 Å². The number of aromatic amines is 1. The molecule has 1 aliphatic rings. The Hall–Kier alpha value is -0.790. The maximum atomic E-state index is 12.3. The van der Waals surface area contributed by atoms with E-state index in [1.165, 1.54) is 22.6 Å². The molecule has 2 rings (SSSR count). The number of aromatic nitrogens is 1. The molecule has 1 N–H and O–H groups in total. The molecule has 1 saturated heterocycles. The molecule has 1 aliphatic heterocycles. The van der Waals surface area contributed by atoms with E-state index >= 15 is 0 Å². The number of hydrogen-bond acceptors (Lipinski definition) is 4. The molecule has 5 nitrogen and oxygen atoms in total. The topological polar surface area (TPSA) is 70.2 Å². The first-order valence-electron chi connectivity index (χ1n) is 5.30. The largest absolute Gasteiger partial charge is 0.328 e. The molecule has 1 aromatic heterocycles. The fraction of sp³-hybridized carbons (Fsp3) is 0.500. The Bertz CT molecular complexity index is 532. The smallest absolute Gasteiger partial charge is 0.247 e. The predicted molar refractivity (Wildman–Crippen MR) is 67.7 cm³/mol. The van der Waals surface area contributed by atoms with E-state index in [0.717, 1.165) is 11.5 Å². The minimum Gasteiger partial charge on any atom is -0.328 e. The molecule has 1 fully saturated rings. The zero-order chi connectivity index (χ0) is 12.5. The first kappa shape index (κ1) is 12.7. The second kappa shape index (κ2) is 4.83. The zero-order valence-electron chi connectivity index (χ0n) is 9.42. The Morgan fingerprint density at radius 2 is 2.24 bits per heavy atom. The molecule has 7 heteroatoms. The Morgan fingerprint density at radius 3 is 2.82 bits per heavy atom. The van der Waals surface area contributed by atoms with Gasteiger partial charge in [0.2, 0.25) is 15.6 Å². The highest BCUT2D eigenvalue weighted by atomic mass is 32.2. The fourth-order valence-corrected chi connectivity index (χ4v) is 4.58. The number of rotatable bonds is 2. The SMILES string of the molecule is CC1CSCCN1S(=O)(=O)c1ccc(=O)[nH]c1. The van der Waals surface area contributed by atoms with Crippen molar-refractivity contribution in [3.63, 3.8) is 0 Å². The van der Waals surface area contributed by atoms with Crippen LogP contribution in [0.4, 0.5) is 0 Å². The molecular formula is C10H14N2O3S2. The minimum absolute atomic E-state index is 0.00863. The van der Waals surface area contributed by atoms with Crippen LogP contribution in [0.15, 0.2) is 28.0 Å². The lowest BCUT2D eigenvalue weighted by atomic mass is 10.4. The Balaban J connectivity index is 2.35. The van der Waals surface area contributed by atoms with Gasteiger partial charge >= 0.3 is 0 Å². The second-order valence-electron chi connectivity index (χ2n) is 3.93. The Kier molecular flexibility index (Phi) is 3.60. The van der Waals surface area contributed by atoms with E-state index in [0.29, 0.717) is 6.54 Å².